The predicted molar refractivity (Wildman–Crippen MR) is 72.5 cm³/mol. The molecule has 0 amide bonds. The molecule has 100 valence electrons. The first-order chi connectivity index (χ1) is 8.65. The third-order valence-electron chi connectivity index (χ3n) is 3.30. The normalized spacial score (nSPS) is 17.8. The molecule has 0 fully saturated rings. The zero-order chi connectivity index (χ0) is 13.0. The van der Waals surface area contributed by atoms with Crippen LogP contribution in [0.25, 0.3) is 0 Å². The zero-order valence-corrected chi connectivity index (χ0v) is 11.3. The molecule has 2 rings (SSSR count). The number of β-amino-alcohol motifs (C(OH)–C–C–N with tert-alkyl or cyclic N) is 1. The molecule has 1 aliphatic heterocycles. The van der Waals surface area contributed by atoms with Crippen LogP contribution in [0.1, 0.15) is 25.0 Å². The smallest absolute Gasteiger partial charge is 0.0900 e. The van der Waals surface area contributed by atoms with Gasteiger partial charge in [-0.3, -0.25) is 4.90 Å². The lowest BCUT2D eigenvalue weighted by atomic mass is 10.00. The van der Waals surface area contributed by atoms with Crippen molar-refractivity contribution in [3.8, 4) is 0 Å². The van der Waals surface area contributed by atoms with Gasteiger partial charge < -0.3 is 9.84 Å². The van der Waals surface area contributed by atoms with E-state index in [1.807, 2.05) is 13.8 Å². The van der Waals surface area contributed by atoms with Gasteiger partial charge in [-0.2, -0.15) is 0 Å². The Morgan fingerprint density at radius 2 is 2.00 bits per heavy atom. The van der Waals surface area contributed by atoms with E-state index in [0.29, 0.717) is 13.2 Å². The molecule has 3 heteroatoms. The standard InChI is InChI=1S/C15H23NO2/c1-12(2)18-11-15(17)10-16-8-7-13-5-3-4-6-14(13)9-16/h3-6,12,15,17H,7-11H2,1-2H3/t15-/m0/s1. The van der Waals surface area contributed by atoms with E-state index in [4.69, 9.17) is 4.74 Å². The van der Waals surface area contributed by atoms with E-state index >= 15 is 0 Å². The molecule has 0 saturated heterocycles. The van der Waals surface area contributed by atoms with E-state index in [1.165, 1.54) is 11.1 Å². The molecule has 0 bridgehead atoms. The minimum Gasteiger partial charge on any atom is -0.389 e. The van der Waals surface area contributed by atoms with Crippen molar-refractivity contribution in [1.82, 2.24) is 4.90 Å². The van der Waals surface area contributed by atoms with Crippen LogP contribution < -0.4 is 0 Å². The number of nitrogens with zero attached hydrogens (tertiary/aromatic N) is 1. The molecule has 1 aromatic rings. The molecular formula is C15H23NO2. The molecule has 0 spiro atoms. The van der Waals surface area contributed by atoms with Crippen molar-refractivity contribution in [1.29, 1.82) is 0 Å². The quantitative estimate of drug-likeness (QED) is 0.864. The van der Waals surface area contributed by atoms with Crippen LogP contribution in [-0.2, 0) is 17.7 Å². The van der Waals surface area contributed by atoms with Crippen molar-refractivity contribution >= 4 is 0 Å². The Morgan fingerprint density at radius 1 is 1.28 bits per heavy atom. The van der Waals surface area contributed by atoms with E-state index in [0.717, 1.165) is 19.5 Å². The highest BCUT2D eigenvalue weighted by molar-refractivity contribution is 5.29. The van der Waals surface area contributed by atoms with E-state index in [9.17, 15) is 5.11 Å². The van der Waals surface area contributed by atoms with Gasteiger partial charge in [-0.05, 0) is 31.4 Å². The molecule has 0 aliphatic carbocycles. The number of aliphatic hydroxyl groups is 1. The van der Waals surface area contributed by atoms with Gasteiger partial charge in [0.1, 0.15) is 0 Å². The Morgan fingerprint density at radius 3 is 2.72 bits per heavy atom. The van der Waals surface area contributed by atoms with Crippen molar-refractivity contribution in [3.05, 3.63) is 35.4 Å². The van der Waals surface area contributed by atoms with E-state index in [-0.39, 0.29) is 6.10 Å². The molecule has 1 aliphatic rings. The molecule has 18 heavy (non-hydrogen) atoms. The molecule has 1 atom stereocenters. The van der Waals surface area contributed by atoms with E-state index in [2.05, 4.69) is 29.2 Å². The SMILES string of the molecule is CC(C)OC[C@@H](O)CN1CCc2ccccc2C1. The second kappa shape index (κ2) is 6.32. The van der Waals surface area contributed by atoms with Crippen LogP contribution in [0.3, 0.4) is 0 Å². The van der Waals surface area contributed by atoms with Gasteiger partial charge in [0.2, 0.25) is 0 Å². The summed E-state index contributed by atoms with van der Waals surface area (Å²) in [6.45, 7) is 7.06. The summed E-state index contributed by atoms with van der Waals surface area (Å²) in [5.41, 5.74) is 2.84. The van der Waals surface area contributed by atoms with Crippen LogP contribution in [0.2, 0.25) is 0 Å². The van der Waals surface area contributed by atoms with Gasteiger partial charge in [-0.1, -0.05) is 24.3 Å². The average molecular weight is 249 g/mol. The van der Waals surface area contributed by atoms with Crippen molar-refractivity contribution in [3.63, 3.8) is 0 Å². The summed E-state index contributed by atoms with van der Waals surface area (Å²) in [6.07, 6.45) is 0.868. The van der Waals surface area contributed by atoms with Gasteiger partial charge in [0, 0.05) is 19.6 Å². The largest absolute Gasteiger partial charge is 0.389 e. The number of rotatable bonds is 5. The Hall–Kier alpha value is -0.900. The Bertz CT molecular complexity index is 379. The van der Waals surface area contributed by atoms with Crippen LogP contribution in [-0.4, -0.2) is 41.9 Å². The molecule has 1 heterocycles. The molecule has 0 saturated carbocycles. The number of aliphatic hydroxyl groups excluding tert-OH is 1. The van der Waals surface area contributed by atoms with E-state index in [1.54, 1.807) is 0 Å². The summed E-state index contributed by atoms with van der Waals surface area (Å²) in [4.78, 5) is 2.30. The summed E-state index contributed by atoms with van der Waals surface area (Å²) in [5, 5.41) is 9.93. The maximum atomic E-state index is 9.93. The zero-order valence-electron chi connectivity index (χ0n) is 11.3. The Balaban J connectivity index is 1.82. The van der Waals surface area contributed by atoms with Gasteiger partial charge in [-0.15, -0.1) is 0 Å². The minimum absolute atomic E-state index is 0.182. The number of hydrogen-bond donors (Lipinski definition) is 1. The predicted octanol–water partition coefficient (Wildman–Crippen LogP) is 1.83. The molecule has 0 radical (unpaired) electrons. The third kappa shape index (κ3) is 3.80. The average Bonchev–Trinajstić information content (AvgIpc) is 2.36. The van der Waals surface area contributed by atoms with Crippen molar-refractivity contribution in [2.24, 2.45) is 0 Å². The van der Waals surface area contributed by atoms with Gasteiger partial charge >= 0.3 is 0 Å². The first-order valence-electron chi connectivity index (χ1n) is 6.74. The molecule has 1 aromatic carbocycles. The van der Waals surface area contributed by atoms with Gasteiger partial charge in [0.15, 0.2) is 0 Å². The highest BCUT2D eigenvalue weighted by atomic mass is 16.5. The highest BCUT2D eigenvalue weighted by Crippen LogP contribution is 2.18. The van der Waals surface area contributed by atoms with Gasteiger partial charge in [-0.25, -0.2) is 0 Å². The van der Waals surface area contributed by atoms with Crippen molar-refractivity contribution < 1.29 is 9.84 Å². The van der Waals surface area contributed by atoms with Crippen molar-refractivity contribution in [2.75, 3.05) is 19.7 Å². The molecular weight excluding hydrogens is 226 g/mol. The minimum atomic E-state index is -0.391. The monoisotopic (exact) mass is 249 g/mol. The third-order valence-corrected chi connectivity index (χ3v) is 3.30. The fourth-order valence-electron chi connectivity index (χ4n) is 2.36. The Kier molecular flexibility index (Phi) is 4.75. The fraction of sp³-hybridized carbons (Fsp3) is 0.600. The number of hydrogen-bond acceptors (Lipinski definition) is 3. The lowest BCUT2D eigenvalue weighted by Crippen LogP contribution is -2.38. The van der Waals surface area contributed by atoms with Gasteiger partial charge in [0.05, 0.1) is 18.8 Å². The summed E-state index contributed by atoms with van der Waals surface area (Å²) >= 11 is 0. The first-order valence-corrected chi connectivity index (χ1v) is 6.74. The van der Waals surface area contributed by atoms with Crippen LogP contribution in [0.15, 0.2) is 24.3 Å². The van der Waals surface area contributed by atoms with Gasteiger partial charge in [0.25, 0.3) is 0 Å². The highest BCUT2D eigenvalue weighted by Gasteiger charge is 2.18. The van der Waals surface area contributed by atoms with Crippen LogP contribution >= 0.6 is 0 Å². The lowest BCUT2D eigenvalue weighted by molar-refractivity contribution is -0.0101. The summed E-state index contributed by atoms with van der Waals surface area (Å²) in [6, 6.07) is 8.56. The fourth-order valence-corrected chi connectivity index (χ4v) is 2.36. The molecule has 0 aromatic heterocycles. The second-order valence-electron chi connectivity index (χ2n) is 5.29. The first kappa shape index (κ1) is 13.5. The van der Waals surface area contributed by atoms with Crippen LogP contribution in [0.5, 0.6) is 0 Å². The summed E-state index contributed by atoms with van der Waals surface area (Å²) < 4.78 is 5.44. The van der Waals surface area contributed by atoms with Crippen LogP contribution in [0, 0.1) is 0 Å². The summed E-state index contributed by atoms with van der Waals surface area (Å²) in [5.74, 6) is 0. The van der Waals surface area contributed by atoms with Crippen molar-refractivity contribution in [2.45, 2.75) is 39.0 Å². The Labute approximate surface area is 109 Å². The molecule has 0 unspecified atom stereocenters. The number of ether oxygens (including phenoxy) is 1. The molecule has 3 nitrogen and oxygen atoms in total. The maximum Gasteiger partial charge on any atom is 0.0900 e. The summed E-state index contributed by atoms with van der Waals surface area (Å²) in [7, 11) is 0. The van der Waals surface area contributed by atoms with Crippen LogP contribution in [0.4, 0.5) is 0 Å². The molecule has 1 N–H and O–H groups in total. The second-order valence-corrected chi connectivity index (χ2v) is 5.29. The topological polar surface area (TPSA) is 32.7 Å². The number of benzene rings is 1. The number of fused-ring (bicyclic) bond motifs is 1. The lowest BCUT2D eigenvalue weighted by Gasteiger charge is -2.30. The maximum absolute atomic E-state index is 9.93. The van der Waals surface area contributed by atoms with E-state index < -0.39 is 6.10 Å².